The largest absolute Gasteiger partial charge is 0.462 e. The van der Waals surface area contributed by atoms with Gasteiger partial charge in [-0.15, -0.1) is 0 Å². The Labute approximate surface area is 215 Å². The molecule has 1 rings (SSSR count). The summed E-state index contributed by atoms with van der Waals surface area (Å²) in [7, 11) is 0. The van der Waals surface area contributed by atoms with Gasteiger partial charge in [0.25, 0.3) is 0 Å². The average molecular weight is 521 g/mol. The van der Waals surface area contributed by atoms with Crippen molar-refractivity contribution in [1.29, 1.82) is 0 Å². The number of unbranched alkanes of at least 4 members (excludes halogenated alkanes) is 9. The Morgan fingerprint density at radius 3 is 1.94 bits per heavy atom. The van der Waals surface area contributed by atoms with Gasteiger partial charge >= 0.3 is 11.9 Å². The Hall–Kier alpha value is -1.30. The highest BCUT2D eigenvalue weighted by Crippen LogP contribution is 2.22. The third-order valence-corrected chi connectivity index (χ3v) is 6.21. The Morgan fingerprint density at radius 1 is 0.750 bits per heavy atom. The first kappa shape index (κ1) is 32.7. The lowest BCUT2D eigenvalue weighted by Crippen LogP contribution is -2.59. The van der Waals surface area contributed by atoms with E-state index in [2.05, 4.69) is 6.92 Å². The summed E-state index contributed by atoms with van der Waals surface area (Å²) in [6, 6.07) is 0. The molecule has 0 saturated carbocycles. The molecule has 0 radical (unpaired) electrons. The number of carbonyl (C=O) groups is 2. The van der Waals surface area contributed by atoms with E-state index in [-0.39, 0.29) is 26.1 Å². The van der Waals surface area contributed by atoms with E-state index >= 15 is 0 Å². The summed E-state index contributed by atoms with van der Waals surface area (Å²) < 4.78 is 21.4. The lowest BCUT2D eigenvalue weighted by Gasteiger charge is -2.39. The van der Waals surface area contributed by atoms with Crippen LogP contribution in [-0.4, -0.2) is 89.0 Å². The van der Waals surface area contributed by atoms with Crippen LogP contribution >= 0.6 is 0 Å². The molecule has 1 saturated heterocycles. The first-order chi connectivity index (χ1) is 17.3. The molecule has 0 aromatic heterocycles. The van der Waals surface area contributed by atoms with Gasteiger partial charge in [-0.25, -0.2) is 0 Å². The van der Waals surface area contributed by atoms with E-state index in [1.165, 1.54) is 38.5 Å². The smallest absolute Gasteiger partial charge is 0.306 e. The molecule has 0 aromatic rings. The Morgan fingerprint density at radius 2 is 1.36 bits per heavy atom. The molecule has 1 heterocycles. The predicted octanol–water partition coefficient (Wildman–Crippen LogP) is 2.37. The fraction of sp³-hybridized carbons (Fsp3) is 0.923. The number of carbonyl (C=O) groups excluding carboxylic acids is 2. The van der Waals surface area contributed by atoms with Crippen molar-refractivity contribution < 1.29 is 49.0 Å². The first-order valence-electron chi connectivity index (χ1n) is 13.6. The molecular formula is C26H48O10. The zero-order valence-corrected chi connectivity index (χ0v) is 22.0. The van der Waals surface area contributed by atoms with Crippen LogP contribution in [0.3, 0.4) is 0 Å². The number of aliphatic hydroxyl groups is 4. The summed E-state index contributed by atoms with van der Waals surface area (Å²) in [5.74, 6) is -0.871. The Balaban J connectivity index is 2.43. The van der Waals surface area contributed by atoms with Gasteiger partial charge in [-0.3, -0.25) is 9.59 Å². The zero-order valence-electron chi connectivity index (χ0n) is 22.0. The van der Waals surface area contributed by atoms with E-state index in [1.54, 1.807) is 0 Å². The van der Waals surface area contributed by atoms with Crippen LogP contribution in [0.25, 0.3) is 0 Å². The molecule has 10 heteroatoms. The number of ether oxygens (including phenoxy) is 4. The molecule has 1 fully saturated rings. The van der Waals surface area contributed by atoms with Crippen molar-refractivity contribution in [2.45, 2.75) is 134 Å². The van der Waals surface area contributed by atoms with Gasteiger partial charge in [0.15, 0.2) is 12.4 Å². The molecule has 212 valence electrons. The van der Waals surface area contributed by atoms with E-state index < -0.39 is 55.4 Å². The zero-order chi connectivity index (χ0) is 26.8. The molecule has 0 bridgehead atoms. The van der Waals surface area contributed by atoms with Gasteiger partial charge in [0.1, 0.15) is 31.0 Å². The molecule has 0 amide bonds. The second-order valence-corrected chi connectivity index (χ2v) is 9.51. The minimum Gasteiger partial charge on any atom is -0.462 e. The van der Waals surface area contributed by atoms with Gasteiger partial charge in [-0.05, 0) is 12.8 Å². The summed E-state index contributed by atoms with van der Waals surface area (Å²) in [4.78, 5) is 24.1. The van der Waals surface area contributed by atoms with Crippen molar-refractivity contribution in [3.63, 3.8) is 0 Å². The van der Waals surface area contributed by atoms with E-state index in [9.17, 15) is 30.0 Å². The summed E-state index contributed by atoms with van der Waals surface area (Å²) >= 11 is 0. The number of esters is 2. The number of rotatable bonds is 20. The highest BCUT2D eigenvalue weighted by Gasteiger charge is 2.44. The van der Waals surface area contributed by atoms with Gasteiger partial charge < -0.3 is 39.4 Å². The van der Waals surface area contributed by atoms with Crippen LogP contribution in [-0.2, 0) is 28.5 Å². The third-order valence-electron chi connectivity index (χ3n) is 6.21. The summed E-state index contributed by atoms with van der Waals surface area (Å²) in [5.41, 5.74) is 0. The number of hydrogen-bond acceptors (Lipinski definition) is 10. The van der Waals surface area contributed by atoms with Crippen LogP contribution < -0.4 is 0 Å². The van der Waals surface area contributed by atoms with E-state index in [0.717, 1.165) is 19.3 Å². The molecule has 6 atom stereocenters. The van der Waals surface area contributed by atoms with Crippen molar-refractivity contribution in [3.8, 4) is 0 Å². The van der Waals surface area contributed by atoms with Crippen molar-refractivity contribution in [2.24, 2.45) is 0 Å². The van der Waals surface area contributed by atoms with Gasteiger partial charge in [-0.2, -0.15) is 0 Å². The molecule has 0 spiro atoms. The lowest BCUT2D eigenvalue weighted by molar-refractivity contribution is -0.305. The van der Waals surface area contributed by atoms with Crippen LogP contribution in [0.2, 0.25) is 0 Å². The maximum atomic E-state index is 12.4. The van der Waals surface area contributed by atoms with Crippen LogP contribution in [0.15, 0.2) is 0 Å². The second-order valence-electron chi connectivity index (χ2n) is 9.51. The summed E-state index contributed by atoms with van der Waals surface area (Å²) in [6.45, 7) is 2.97. The number of aliphatic hydroxyl groups excluding tert-OH is 4. The summed E-state index contributed by atoms with van der Waals surface area (Å²) in [5, 5.41) is 39.2. The van der Waals surface area contributed by atoms with Crippen LogP contribution in [0.4, 0.5) is 0 Å². The Bertz CT molecular complexity index is 585. The van der Waals surface area contributed by atoms with Crippen LogP contribution in [0.5, 0.6) is 0 Å². The number of hydrogen-bond donors (Lipinski definition) is 4. The molecule has 1 aliphatic rings. The minimum absolute atomic E-state index is 0.222. The standard InChI is InChI=1S/C26H48O10/c1-3-5-6-7-8-9-10-11-12-13-15-22(29)35-19(17-33-21(28)14-4-2)18-34-26-25(32)24(31)23(30)20(16-27)36-26/h19-20,23-27,30-32H,3-18H2,1-2H3. The molecule has 6 unspecified atom stereocenters. The maximum Gasteiger partial charge on any atom is 0.306 e. The second kappa shape index (κ2) is 19.8. The van der Waals surface area contributed by atoms with Gasteiger partial charge in [0, 0.05) is 12.8 Å². The normalized spacial score (nSPS) is 24.9. The van der Waals surface area contributed by atoms with Gasteiger partial charge in [-0.1, -0.05) is 71.6 Å². The van der Waals surface area contributed by atoms with E-state index in [1.807, 2.05) is 6.92 Å². The molecular weight excluding hydrogens is 472 g/mol. The van der Waals surface area contributed by atoms with Crippen molar-refractivity contribution in [3.05, 3.63) is 0 Å². The van der Waals surface area contributed by atoms with E-state index in [4.69, 9.17) is 18.9 Å². The monoisotopic (exact) mass is 520 g/mol. The minimum atomic E-state index is -1.58. The van der Waals surface area contributed by atoms with Crippen molar-refractivity contribution in [2.75, 3.05) is 19.8 Å². The fourth-order valence-corrected chi connectivity index (χ4v) is 3.99. The first-order valence-corrected chi connectivity index (χ1v) is 13.6. The predicted molar refractivity (Wildman–Crippen MR) is 132 cm³/mol. The average Bonchev–Trinajstić information content (AvgIpc) is 2.86. The maximum absolute atomic E-state index is 12.4. The fourth-order valence-electron chi connectivity index (χ4n) is 3.99. The van der Waals surface area contributed by atoms with Crippen LogP contribution in [0, 0.1) is 0 Å². The van der Waals surface area contributed by atoms with Gasteiger partial charge in [0.05, 0.1) is 13.2 Å². The highest BCUT2D eigenvalue weighted by molar-refractivity contribution is 5.70. The topological polar surface area (TPSA) is 152 Å². The lowest BCUT2D eigenvalue weighted by atomic mass is 9.99. The quantitative estimate of drug-likeness (QED) is 0.139. The van der Waals surface area contributed by atoms with Crippen molar-refractivity contribution in [1.82, 2.24) is 0 Å². The molecule has 0 aliphatic carbocycles. The SMILES string of the molecule is CCCCCCCCCCCCC(=O)OC(COC(=O)CCC)COC1OC(CO)C(O)C(O)C1O. The van der Waals surface area contributed by atoms with E-state index in [0.29, 0.717) is 12.8 Å². The molecule has 0 aromatic carbocycles. The third kappa shape index (κ3) is 13.3. The van der Waals surface area contributed by atoms with Gasteiger partial charge in [0.2, 0.25) is 0 Å². The highest BCUT2D eigenvalue weighted by atomic mass is 16.7. The molecule has 4 N–H and O–H groups in total. The molecule has 10 nitrogen and oxygen atoms in total. The Kier molecular flexibility index (Phi) is 18.0. The summed E-state index contributed by atoms with van der Waals surface area (Å²) in [6.07, 6.45) is 4.46. The van der Waals surface area contributed by atoms with Crippen LogP contribution in [0.1, 0.15) is 97.3 Å². The molecule has 1 aliphatic heterocycles. The molecule has 36 heavy (non-hydrogen) atoms. The van der Waals surface area contributed by atoms with Crippen molar-refractivity contribution >= 4 is 11.9 Å².